The molecule has 2 aromatic rings. The van der Waals surface area contributed by atoms with Crippen LogP contribution >= 0.6 is 11.6 Å². The first kappa shape index (κ1) is 30.0. The second-order valence-corrected chi connectivity index (χ2v) is 14.8. The third-order valence-corrected chi connectivity index (χ3v) is 11.7. The van der Waals surface area contributed by atoms with E-state index in [1.165, 1.54) is 12.0 Å². The molecular formula is C33H43ClN2O4S. The minimum atomic E-state index is -3.82. The molecule has 6 nitrogen and oxygen atoms in total. The smallest absolute Gasteiger partial charge is 0.264 e. The van der Waals surface area contributed by atoms with Crippen molar-refractivity contribution in [1.29, 1.82) is 0 Å². The molecule has 1 amide bonds. The van der Waals surface area contributed by atoms with E-state index in [0.29, 0.717) is 49.0 Å². The number of carbonyl (C=O) groups excluding carboxylic acids is 1. The van der Waals surface area contributed by atoms with Gasteiger partial charge in [0.15, 0.2) is 0 Å². The van der Waals surface area contributed by atoms with Gasteiger partial charge in [0.05, 0.1) is 10.9 Å². The van der Waals surface area contributed by atoms with Gasteiger partial charge in [0.25, 0.3) is 5.91 Å². The molecule has 0 radical (unpaired) electrons. The van der Waals surface area contributed by atoms with Crippen LogP contribution in [0.1, 0.15) is 87.2 Å². The number of rotatable bonds is 1. The lowest BCUT2D eigenvalue weighted by Crippen LogP contribution is -2.49. The minimum absolute atomic E-state index is 0.127. The number of nitrogens with zero attached hydrogens (tertiary/aromatic N) is 1. The summed E-state index contributed by atoms with van der Waals surface area (Å²) in [7, 11) is -3.82. The van der Waals surface area contributed by atoms with E-state index in [2.05, 4.69) is 35.6 Å². The summed E-state index contributed by atoms with van der Waals surface area (Å²) >= 11 is 6.33. The van der Waals surface area contributed by atoms with Crippen molar-refractivity contribution in [3.8, 4) is 5.75 Å². The Bertz CT molecular complexity index is 1410. The monoisotopic (exact) mass is 598 g/mol. The number of halogens is 1. The summed E-state index contributed by atoms with van der Waals surface area (Å²) in [6.45, 7) is 8.62. The molecule has 222 valence electrons. The number of benzene rings is 2. The molecule has 0 aromatic heterocycles. The lowest BCUT2D eigenvalue weighted by Gasteiger charge is -2.52. The first-order valence-corrected chi connectivity index (χ1v) is 17.0. The van der Waals surface area contributed by atoms with Crippen molar-refractivity contribution >= 4 is 33.2 Å². The van der Waals surface area contributed by atoms with Gasteiger partial charge in [-0.3, -0.25) is 4.79 Å². The molecule has 8 heteroatoms. The van der Waals surface area contributed by atoms with Crippen molar-refractivity contribution in [2.45, 2.75) is 84.0 Å². The average Bonchev–Trinajstić information content (AvgIpc) is 2.95. The molecule has 3 aliphatic rings. The second kappa shape index (κ2) is 12.4. The van der Waals surface area contributed by atoms with E-state index in [4.69, 9.17) is 16.3 Å². The highest BCUT2D eigenvalue weighted by molar-refractivity contribution is 7.90. The Kier molecular flexibility index (Phi) is 9.05. The summed E-state index contributed by atoms with van der Waals surface area (Å²) in [5, 5.41) is 0.106. The molecule has 2 aliphatic heterocycles. The Labute approximate surface area is 250 Å². The molecule has 2 aromatic carbocycles. The Balaban J connectivity index is 1.56. The normalized spacial score (nSPS) is 29.4. The second-order valence-electron chi connectivity index (χ2n) is 12.4. The maximum absolute atomic E-state index is 13.4. The number of ether oxygens (including phenoxy) is 1. The van der Waals surface area contributed by atoms with Gasteiger partial charge in [0, 0.05) is 23.7 Å². The first-order valence-electron chi connectivity index (χ1n) is 15.1. The number of amides is 1. The van der Waals surface area contributed by atoms with Gasteiger partial charge in [-0.05, 0) is 110 Å². The van der Waals surface area contributed by atoms with Crippen LogP contribution in [0.5, 0.6) is 5.75 Å². The molecule has 1 fully saturated rings. The zero-order chi connectivity index (χ0) is 29.2. The van der Waals surface area contributed by atoms with E-state index in [1.54, 1.807) is 6.07 Å². The van der Waals surface area contributed by atoms with Gasteiger partial charge in [-0.25, -0.2) is 13.1 Å². The number of sulfonamides is 1. The van der Waals surface area contributed by atoms with E-state index in [0.717, 1.165) is 55.0 Å². The van der Waals surface area contributed by atoms with Crippen LogP contribution in [0.15, 0.2) is 48.6 Å². The molecule has 2 heterocycles. The largest absolute Gasteiger partial charge is 0.487 e. The quantitative estimate of drug-likeness (QED) is 0.349. The summed E-state index contributed by atoms with van der Waals surface area (Å²) in [6.07, 6.45) is 11.3. The summed E-state index contributed by atoms with van der Waals surface area (Å²) in [5.41, 5.74) is 3.61. The third-order valence-electron chi connectivity index (χ3n) is 9.57. The SMILES string of the molecule is CC[C@@H]1CC/C=C\C(C)[C@@H]2CCC2(C)CN2CCCCc3cc(Cl)ccc3COc3ccc(cc32)C(=O)NS1(=O)=O. The number of nitrogens with one attached hydrogen (secondary N) is 1. The highest BCUT2D eigenvalue weighted by Crippen LogP contribution is 2.52. The number of fused-ring (bicyclic) bond motifs is 3. The molecule has 41 heavy (non-hydrogen) atoms. The lowest BCUT2D eigenvalue weighted by molar-refractivity contribution is 0.0297. The first-order chi connectivity index (χ1) is 19.6. The molecule has 0 spiro atoms. The summed E-state index contributed by atoms with van der Waals surface area (Å²) in [5.74, 6) is 1.05. The molecule has 4 atom stereocenters. The number of allylic oxidation sites excluding steroid dienone is 2. The van der Waals surface area contributed by atoms with E-state index in [1.807, 2.05) is 37.3 Å². The van der Waals surface area contributed by atoms with Crippen molar-refractivity contribution in [3.05, 3.63) is 70.3 Å². The third kappa shape index (κ3) is 6.61. The molecule has 1 saturated carbocycles. The maximum Gasteiger partial charge on any atom is 0.264 e. The zero-order valence-electron chi connectivity index (χ0n) is 24.5. The number of hydrogen-bond acceptors (Lipinski definition) is 5. The van der Waals surface area contributed by atoms with E-state index in [9.17, 15) is 13.2 Å². The van der Waals surface area contributed by atoms with Crippen LogP contribution in [-0.2, 0) is 23.1 Å². The Morgan fingerprint density at radius 1 is 1.12 bits per heavy atom. The van der Waals surface area contributed by atoms with Crippen LogP contribution in [0, 0.1) is 17.3 Å². The standard InChI is InChI=1S/C33H43ClN2O4S/c1-4-28-11-6-5-9-23(2)29-16-17-33(29,3)22-36-18-8-7-10-24-19-27(34)14-12-26(24)21-40-31-15-13-25(20-30(31)36)32(37)35-41(28,38)39/h5,9,12-15,19-20,23,28-29H,4,6-8,10-11,16-18,21-22H2,1-3H3,(H,35,37)/b9-5-/t23?,28-,29+,33?/m1/s1. The average molecular weight is 599 g/mol. The minimum Gasteiger partial charge on any atom is -0.487 e. The van der Waals surface area contributed by atoms with E-state index in [-0.39, 0.29) is 5.41 Å². The predicted octanol–water partition coefficient (Wildman–Crippen LogP) is 7.30. The van der Waals surface area contributed by atoms with Gasteiger partial charge < -0.3 is 9.64 Å². The van der Waals surface area contributed by atoms with Crippen molar-refractivity contribution in [2.24, 2.45) is 17.3 Å². The van der Waals surface area contributed by atoms with E-state index >= 15 is 0 Å². The fourth-order valence-corrected chi connectivity index (χ4v) is 8.59. The molecular weight excluding hydrogens is 556 g/mol. The molecule has 0 saturated heterocycles. The Hall–Kier alpha value is -2.51. The highest BCUT2D eigenvalue weighted by Gasteiger charge is 2.46. The molecule has 5 rings (SSSR count). The predicted molar refractivity (Wildman–Crippen MR) is 166 cm³/mol. The summed E-state index contributed by atoms with van der Waals surface area (Å²) in [4.78, 5) is 15.7. The van der Waals surface area contributed by atoms with Crippen molar-refractivity contribution < 1.29 is 17.9 Å². The summed E-state index contributed by atoms with van der Waals surface area (Å²) < 4.78 is 35.2. The fraction of sp³-hybridized carbons (Fsp3) is 0.545. The number of aryl methyl sites for hydroxylation is 1. The van der Waals surface area contributed by atoms with Crippen LogP contribution in [0.4, 0.5) is 5.69 Å². The van der Waals surface area contributed by atoms with Crippen LogP contribution in [-0.4, -0.2) is 32.7 Å². The maximum atomic E-state index is 13.4. The van der Waals surface area contributed by atoms with Crippen molar-refractivity contribution in [3.63, 3.8) is 0 Å². The van der Waals surface area contributed by atoms with Gasteiger partial charge >= 0.3 is 0 Å². The Morgan fingerprint density at radius 3 is 2.71 bits per heavy atom. The zero-order valence-corrected chi connectivity index (χ0v) is 26.1. The van der Waals surface area contributed by atoms with Crippen molar-refractivity contribution in [2.75, 3.05) is 18.0 Å². The summed E-state index contributed by atoms with van der Waals surface area (Å²) in [6, 6.07) is 11.3. The molecule has 2 bridgehead atoms. The van der Waals surface area contributed by atoms with Gasteiger partial charge in [0.1, 0.15) is 12.4 Å². The van der Waals surface area contributed by atoms with Crippen molar-refractivity contribution in [1.82, 2.24) is 4.72 Å². The van der Waals surface area contributed by atoms with Gasteiger partial charge in [-0.15, -0.1) is 0 Å². The van der Waals surface area contributed by atoms with Gasteiger partial charge in [-0.2, -0.15) is 0 Å². The molecule has 1 aliphatic carbocycles. The van der Waals surface area contributed by atoms with Gasteiger partial charge in [0.2, 0.25) is 10.0 Å². The molecule has 2 unspecified atom stereocenters. The fourth-order valence-electron chi connectivity index (χ4n) is 6.97. The Morgan fingerprint density at radius 2 is 1.95 bits per heavy atom. The molecule has 1 N–H and O–H groups in total. The lowest BCUT2D eigenvalue weighted by atomic mass is 9.56. The van der Waals surface area contributed by atoms with Gasteiger partial charge in [-0.1, -0.05) is 50.6 Å². The highest BCUT2D eigenvalue weighted by atomic mass is 35.5. The number of hydrogen-bond donors (Lipinski definition) is 1. The van der Waals surface area contributed by atoms with Crippen LogP contribution in [0.25, 0.3) is 0 Å². The van der Waals surface area contributed by atoms with Crippen LogP contribution in [0.3, 0.4) is 0 Å². The number of carbonyl (C=O) groups is 1. The number of anilines is 1. The van der Waals surface area contributed by atoms with Crippen LogP contribution < -0.4 is 14.4 Å². The van der Waals surface area contributed by atoms with Crippen LogP contribution in [0.2, 0.25) is 5.02 Å². The topological polar surface area (TPSA) is 75.7 Å². The van der Waals surface area contributed by atoms with E-state index < -0.39 is 21.2 Å².